The molecule has 0 saturated heterocycles. The molecule has 0 spiro atoms. The largest absolute Gasteiger partial charge is 0.461 e. The molecule has 0 aliphatic heterocycles. The highest BCUT2D eigenvalue weighted by Gasteiger charge is 2.47. The number of alkyl halides is 4. The maximum Gasteiger partial charge on any atom is 0.430 e. The molecule has 72 valence electrons. The van der Waals surface area contributed by atoms with Crippen molar-refractivity contribution >= 4 is 5.97 Å². The van der Waals surface area contributed by atoms with Gasteiger partial charge in [0, 0.05) is 0 Å². The summed E-state index contributed by atoms with van der Waals surface area (Å²) < 4.78 is 50.5. The molecule has 0 heterocycles. The van der Waals surface area contributed by atoms with Crippen molar-refractivity contribution in [2.24, 2.45) is 0 Å². The standard InChI is InChI=1S/C6H8F4O2/c1-3(2)12-5(11)4(7)6(8,9)10/h3-4H,1-2H3. The maximum atomic E-state index is 12.1. The number of rotatable bonds is 2. The molecule has 1 atom stereocenters. The Morgan fingerprint density at radius 1 is 1.33 bits per heavy atom. The fourth-order valence-electron chi connectivity index (χ4n) is 0.426. The zero-order valence-electron chi connectivity index (χ0n) is 6.48. The van der Waals surface area contributed by atoms with E-state index in [2.05, 4.69) is 4.74 Å². The van der Waals surface area contributed by atoms with Crippen molar-refractivity contribution in [1.82, 2.24) is 0 Å². The summed E-state index contributed by atoms with van der Waals surface area (Å²) in [4.78, 5) is 10.3. The van der Waals surface area contributed by atoms with Crippen LogP contribution in [0.3, 0.4) is 0 Å². The minimum atomic E-state index is -5.17. The Bertz CT molecular complexity index is 163. The first-order chi connectivity index (χ1) is 5.25. The average molecular weight is 188 g/mol. The Morgan fingerprint density at radius 2 is 1.75 bits per heavy atom. The second-order valence-electron chi connectivity index (χ2n) is 2.39. The predicted octanol–water partition coefficient (Wildman–Crippen LogP) is 1.84. The van der Waals surface area contributed by atoms with Gasteiger partial charge in [-0.05, 0) is 13.8 Å². The number of hydrogen-bond donors (Lipinski definition) is 0. The molecule has 0 N–H and O–H groups in total. The van der Waals surface area contributed by atoms with Gasteiger partial charge < -0.3 is 4.74 Å². The van der Waals surface area contributed by atoms with Crippen LogP contribution in [0.2, 0.25) is 0 Å². The quantitative estimate of drug-likeness (QED) is 0.488. The molecule has 0 fully saturated rings. The van der Waals surface area contributed by atoms with Crippen molar-refractivity contribution in [1.29, 1.82) is 0 Å². The van der Waals surface area contributed by atoms with Crippen LogP contribution in [0.15, 0.2) is 0 Å². The van der Waals surface area contributed by atoms with Crippen LogP contribution in [0.4, 0.5) is 17.6 Å². The van der Waals surface area contributed by atoms with Crippen LogP contribution in [-0.4, -0.2) is 24.4 Å². The van der Waals surface area contributed by atoms with Crippen molar-refractivity contribution in [3.8, 4) is 0 Å². The van der Waals surface area contributed by atoms with Crippen LogP contribution in [0.1, 0.15) is 13.8 Å². The molecular weight excluding hydrogens is 180 g/mol. The molecule has 0 saturated carbocycles. The molecule has 0 aromatic rings. The molecule has 0 rings (SSSR count). The molecule has 0 aromatic heterocycles. The van der Waals surface area contributed by atoms with Crippen LogP contribution in [0.5, 0.6) is 0 Å². The second kappa shape index (κ2) is 3.73. The molecule has 0 aliphatic carbocycles. The van der Waals surface area contributed by atoms with E-state index in [1.807, 2.05) is 0 Å². The van der Waals surface area contributed by atoms with Gasteiger partial charge in [0.25, 0.3) is 6.17 Å². The number of carbonyl (C=O) groups excluding carboxylic acids is 1. The molecule has 0 aromatic carbocycles. The van der Waals surface area contributed by atoms with E-state index in [0.717, 1.165) is 0 Å². The second-order valence-corrected chi connectivity index (χ2v) is 2.39. The smallest absolute Gasteiger partial charge is 0.430 e. The molecule has 2 nitrogen and oxygen atoms in total. The maximum absolute atomic E-state index is 12.1. The third-order valence-electron chi connectivity index (χ3n) is 0.846. The lowest BCUT2D eigenvalue weighted by Crippen LogP contribution is -2.35. The van der Waals surface area contributed by atoms with Gasteiger partial charge in [0.2, 0.25) is 0 Å². The molecule has 1 unspecified atom stereocenters. The van der Waals surface area contributed by atoms with Crippen molar-refractivity contribution < 1.29 is 27.1 Å². The summed E-state index contributed by atoms with van der Waals surface area (Å²) in [6, 6.07) is 0. The molecular formula is C6H8F4O2. The van der Waals surface area contributed by atoms with E-state index in [-0.39, 0.29) is 0 Å². The first kappa shape index (κ1) is 11.2. The van der Waals surface area contributed by atoms with Crippen LogP contribution in [-0.2, 0) is 9.53 Å². The predicted molar refractivity (Wildman–Crippen MR) is 32.2 cm³/mol. The number of hydrogen-bond acceptors (Lipinski definition) is 2. The van der Waals surface area contributed by atoms with Gasteiger partial charge in [0.05, 0.1) is 6.10 Å². The Labute approximate surface area is 66.5 Å². The van der Waals surface area contributed by atoms with Crippen molar-refractivity contribution in [2.75, 3.05) is 0 Å². The minimum Gasteiger partial charge on any atom is -0.461 e. The van der Waals surface area contributed by atoms with Gasteiger partial charge in [-0.3, -0.25) is 0 Å². The fraction of sp³-hybridized carbons (Fsp3) is 0.833. The molecule has 0 amide bonds. The number of carbonyl (C=O) groups is 1. The molecule has 0 radical (unpaired) electrons. The SMILES string of the molecule is CC(C)OC(=O)C(F)C(F)(F)F. The van der Waals surface area contributed by atoms with Gasteiger partial charge >= 0.3 is 12.1 Å². The van der Waals surface area contributed by atoms with Gasteiger partial charge in [-0.2, -0.15) is 13.2 Å². The number of esters is 1. The van der Waals surface area contributed by atoms with Crippen LogP contribution < -0.4 is 0 Å². The minimum absolute atomic E-state index is 0.752. The first-order valence-electron chi connectivity index (χ1n) is 3.16. The third-order valence-corrected chi connectivity index (χ3v) is 0.846. The highest BCUT2D eigenvalue weighted by Crippen LogP contribution is 2.24. The van der Waals surface area contributed by atoms with Crippen molar-refractivity contribution in [3.63, 3.8) is 0 Å². The van der Waals surface area contributed by atoms with Crippen molar-refractivity contribution in [2.45, 2.75) is 32.3 Å². The third kappa shape index (κ3) is 3.54. The van der Waals surface area contributed by atoms with E-state index in [1.54, 1.807) is 0 Å². The average Bonchev–Trinajstić information content (AvgIpc) is 1.82. The molecule has 6 heteroatoms. The molecule has 0 bridgehead atoms. The van der Waals surface area contributed by atoms with Gasteiger partial charge in [0.15, 0.2) is 0 Å². The normalized spacial score (nSPS) is 14.6. The highest BCUT2D eigenvalue weighted by atomic mass is 19.4. The monoisotopic (exact) mass is 188 g/mol. The highest BCUT2D eigenvalue weighted by molar-refractivity contribution is 5.75. The summed E-state index contributed by atoms with van der Waals surface area (Å²) >= 11 is 0. The van der Waals surface area contributed by atoms with Crippen LogP contribution in [0.25, 0.3) is 0 Å². The van der Waals surface area contributed by atoms with Crippen LogP contribution in [0, 0.1) is 0 Å². The summed E-state index contributed by atoms with van der Waals surface area (Å²) in [7, 11) is 0. The summed E-state index contributed by atoms with van der Waals surface area (Å²) in [6.45, 7) is 2.67. The Balaban J connectivity index is 4.12. The van der Waals surface area contributed by atoms with Gasteiger partial charge in [-0.25, -0.2) is 9.18 Å². The molecule has 0 aliphatic rings. The summed E-state index contributed by atoms with van der Waals surface area (Å²) in [6.07, 6.45) is -9.47. The van der Waals surface area contributed by atoms with Crippen LogP contribution >= 0.6 is 0 Å². The van der Waals surface area contributed by atoms with E-state index in [1.165, 1.54) is 13.8 Å². The lowest BCUT2D eigenvalue weighted by atomic mass is 10.4. The summed E-state index contributed by atoms with van der Waals surface area (Å²) in [5, 5.41) is 0. The lowest BCUT2D eigenvalue weighted by Gasteiger charge is -2.13. The van der Waals surface area contributed by atoms with Crippen molar-refractivity contribution in [3.05, 3.63) is 0 Å². The molecule has 12 heavy (non-hydrogen) atoms. The fourth-order valence-corrected chi connectivity index (χ4v) is 0.426. The Kier molecular flexibility index (Phi) is 3.48. The summed E-state index contributed by atoms with van der Waals surface area (Å²) in [5.41, 5.74) is 0. The van der Waals surface area contributed by atoms with E-state index >= 15 is 0 Å². The van der Waals surface area contributed by atoms with E-state index in [9.17, 15) is 22.4 Å². The number of halogens is 4. The van der Waals surface area contributed by atoms with E-state index in [0.29, 0.717) is 0 Å². The lowest BCUT2D eigenvalue weighted by molar-refractivity contribution is -0.203. The topological polar surface area (TPSA) is 26.3 Å². The zero-order valence-corrected chi connectivity index (χ0v) is 6.48. The summed E-state index contributed by atoms with van der Waals surface area (Å²) in [5.74, 6) is -1.89. The van der Waals surface area contributed by atoms with Gasteiger partial charge in [-0.15, -0.1) is 0 Å². The number of ether oxygens (including phenoxy) is 1. The zero-order chi connectivity index (χ0) is 9.94. The van der Waals surface area contributed by atoms with Gasteiger partial charge in [0.1, 0.15) is 0 Å². The van der Waals surface area contributed by atoms with E-state index < -0.39 is 24.4 Å². The first-order valence-corrected chi connectivity index (χ1v) is 3.16. The Morgan fingerprint density at radius 3 is 2.00 bits per heavy atom. The van der Waals surface area contributed by atoms with E-state index in [4.69, 9.17) is 0 Å². The van der Waals surface area contributed by atoms with Gasteiger partial charge in [-0.1, -0.05) is 0 Å². The Hall–Kier alpha value is -0.810.